The molecule has 1 aromatic rings. The maximum atomic E-state index is 10.6. The molecule has 0 aliphatic carbocycles. The van der Waals surface area contributed by atoms with Crippen molar-refractivity contribution in [1.29, 1.82) is 0 Å². The van der Waals surface area contributed by atoms with Crippen LogP contribution in [-0.2, 0) is 14.5 Å². The molecule has 0 aliphatic heterocycles. The highest BCUT2D eigenvalue weighted by atomic mass is 35.5. The van der Waals surface area contributed by atoms with E-state index in [-0.39, 0.29) is 0 Å². The van der Waals surface area contributed by atoms with Crippen LogP contribution < -0.4 is 5.14 Å². The minimum atomic E-state index is -3.91. The van der Waals surface area contributed by atoms with Gasteiger partial charge in [0.25, 0.3) is 0 Å². The van der Waals surface area contributed by atoms with Crippen molar-refractivity contribution in [2.24, 2.45) is 5.14 Å². The van der Waals surface area contributed by atoms with E-state index < -0.39 is 16.4 Å². The van der Waals surface area contributed by atoms with Gasteiger partial charge in [0, 0.05) is 5.02 Å². The minimum absolute atomic E-state index is 0.580. The molecule has 1 rings (SSSR count). The molecule has 1 atom stereocenters. The Balaban J connectivity index is 2.80. The first-order valence-corrected chi connectivity index (χ1v) is 5.70. The van der Waals surface area contributed by atoms with Crippen LogP contribution in [0.25, 0.3) is 0 Å². The van der Waals surface area contributed by atoms with Crippen LogP contribution in [-0.4, -0.2) is 8.42 Å². The third-order valence-corrected chi connectivity index (χ3v) is 2.43. The van der Waals surface area contributed by atoms with E-state index in [0.29, 0.717) is 10.6 Å². The van der Waals surface area contributed by atoms with Crippen LogP contribution in [0.1, 0.15) is 18.6 Å². The lowest BCUT2D eigenvalue weighted by molar-refractivity contribution is 0.234. The molecule has 0 aromatic heterocycles. The lowest BCUT2D eigenvalue weighted by Crippen LogP contribution is -2.17. The Morgan fingerprint density at radius 1 is 1.36 bits per heavy atom. The van der Waals surface area contributed by atoms with Crippen molar-refractivity contribution in [3.8, 4) is 0 Å². The molecule has 0 saturated heterocycles. The summed E-state index contributed by atoms with van der Waals surface area (Å²) < 4.78 is 25.8. The number of rotatable bonds is 3. The Hall–Kier alpha value is -0.620. The van der Waals surface area contributed by atoms with E-state index in [4.69, 9.17) is 16.7 Å². The molecule has 0 amide bonds. The Bertz CT molecular complexity index is 401. The van der Waals surface area contributed by atoms with Crippen molar-refractivity contribution in [3.63, 3.8) is 0 Å². The summed E-state index contributed by atoms with van der Waals surface area (Å²) >= 11 is 5.67. The summed E-state index contributed by atoms with van der Waals surface area (Å²) in [6.45, 7) is 1.59. The summed E-state index contributed by atoms with van der Waals surface area (Å²) in [4.78, 5) is 0. The van der Waals surface area contributed by atoms with Crippen LogP contribution in [0.2, 0.25) is 5.02 Å². The fourth-order valence-electron chi connectivity index (χ4n) is 0.991. The number of benzene rings is 1. The summed E-state index contributed by atoms with van der Waals surface area (Å²) in [6.07, 6.45) is -0.609. The molecule has 0 spiro atoms. The first-order chi connectivity index (χ1) is 6.38. The van der Waals surface area contributed by atoms with Crippen LogP contribution in [0.5, 0.6) is 0 Å². The summed E-state index contributed by atoms with van der Waals surface area (Å²) in [7, 11) is -3.91. The van der Waals surface area contributed by atoms with Gasteiger partial charge >= 0.3 is 10.3 Å². The Morgan fingerprint density at radius 2 is 1.86 bits per heavy atom. The zero-order valence-electron chi connectivity index (χ0n) is 7.48. The van der Waals surface area contributed by atoms with Crippen LogP contribution in [0, 0.1) is 0 Å². The topological polar surface area (TPSA) is 69.4 Å². The second-order valence-electron chi connectivity index (χ2n) is 2.78. The zero-order chi connectivity index (χ0) is 10.8. The Morgan fingerprint density at radius 3 is 2.29 bits per heavy atom. The molecule has 1 unspecified atom stereocenters. The van der Waals surface area contributed by atoms with Crippen molar-refractivity contribution in [2.45, 2.75) is 13.0 Å². The summed E-state index contributed by atoms with van der Waals surface area (Å²) in [5.74, 6) is 0. The number of hydrogen-bond donors (Lipinski definition) is 1. The van der Waals surface area contributed by atoms with Gasteiger partial charge in [0.2, 0.25) is 0 Å². The summed E-state index contributed by atoms with van der Waals surface area (Å²) in [5.41, 5.74) is 0.698. The van der Waals surface area contributed by atoms with E-state index in [9.17, 15) is 8.42 Å². The van der Waals surface area contributed by atoms with Gasteiger partial charge in [-0.25, -0.2) is 5.14 Å². The monoisotopic (exact) mass is 235 g/mol. The molecule has 0 heterocycles. The van der Waals surface area contributed by atoms with Crippen molar-refractivity contribution in [3.05, 3.63) is 34.9 Å². The van der Waals surface area contributed by atoms with Crippen LogP contribution in [0.4, 0.5) is 0 Å². The normalized spacial score (nSPS) is 13.9. The molecule has 14 heavy (non-hydrogen) atoms. The largest absolute Gasteiger partial charge is 0.333 e. The highest BCUT2D eigenvalue weighted by Crippen LogP contribution is 2.19. The summed E-state index contributed by atoms with van der Waals surface area (Å²) in [5, 5.41) is 5.31. The number of halogens is 1. The van der Waals surface area contributed by atoms with Gasteiger partial charge in [0.1, 0.15) is 6.10 Å². The van der Waals surface area contributed by atoms with E-state index in [1.807, 2.05) is 0 Å². The van der Waals surface area contributed by atoms with Gasteiger partial charge in [0.15, 0.2) is 0 Å². The minimum Gasteiger partial charge on any atom is -0.250 e. The summed E-state index contributed by atoms with van der Waals surface area (Å²) in [6, 6.07) is 6.66. The van der Waals surface area contributed by atoms with Gasteiger partial charge < -0.3 is 0 Å². The van der Waals surface area contributed by atoms with Crippen molar-refractivity contribution in [2.75, 3.05) is 0 Å². The smallest absolute Gasteiger partial charge is 0.250 e. The van der Waals surface area contributed by atoms with Crippen LogP contribution in [0.3, 0.4) is 0 Å². The van der Waals surface area contributed by atoms with Gasteiger partial charge in [-0.1, -0.05) is 23.7 Å². The highest BCUT2D eigenvalue weighted by molar-refractivity contribution is 7.84. The molecular formula is C8H10ClNO3S. The molecule has 1 aromatic carbocycles. The first kappa shape index (κ1) is 11.5. The van der Waals surface area contributed by atoms with E-state index in [1.54, 1.807) is 31.2 Å². The Kier molecular flexibility index (Phi) is 3.49. The number of hydrogen-bond acceptors (Lipinski definition) is 3. The molecule has 6 heteroatoms. The number of nitrogens with two attached hydrogens (primary N) is 1. The molecular weight excluding hydrogens is 226 g/mol. The third-order valence-electron chi connectivity index (χ3n) is 1.62. The maximum absolute atomic E-state index is 10.6. The van der Waals surface area contributed by atoms with Gasteiger partial charge in [-0.05, 0) is 24.6 Å². The lowest BCUT2D eigenvalue weighted by atomic mass is 10.1. The molecule has 0 aliphatic rings. The average molecular weight is 236 g/mol. The second kappa shape index (κ2) is 4.27. The van der Waals surface area contributed by atoms with Crippen molar-refractivity contribution >= 4 is 21.9 Å². The van der Waals surface area contributed by atoms with E-state index in [0.717, 1.165) is 0 Å². The lowest BCUT2D eigenvalue weighted by Gasteiger charge is -2.10. The van der Waals surface area contributed by atoms with Crippen molar-refractivity contribution < 1.29 is 12.6 Å². The predicted molar refractivity (Wildman–Crippen MR) is 54.1 cm³/mol. The average Bonchev–Trinajstić information content (AvgIpc) is 2.02. The molecule has 0 bridgehead atoms. The van der Waals surface area contributed by atoms with Crippen LogP contribution >= 0.6 is 11.6 Å². The second-order valence-corrected chi connectivity index (χ2v) is 4.40. The molecule has 4 nitrogen and oxygen atoms in total. The van der Waals surface area contributed by atoms with E-state index in [2.05, 4.69) is 4.18 Å². The SMILES string of the molecule is CC(OS(N)(=O)=O)c1ccc(Cl)cc1. The molecule has 0 fully saturated rings. The quantitative estimate of drug-likeness (QED) is 0.866. The Labute approximate surface area is 87.9 Å². The fraction of sp³-hybridized carbons (Fsp3) is 0.250. The third kappa shape index (κ3) is 3.63. The predicted octanol–water partition coefficient (Wildman–Crippen LogP) is 1.62. The molecule has 0 saturated carbocycles. The van der Waals surface area contributed by atoms with Gasteiger partial charge in [0.05, 0.1) is 0 Å². The van der Waals surface area contributed by atoms with Gasteiger partial charge in [-0.3, -0.25) is 4.18 Å². The zero-order valence-corrected chi connectivity index (χ0v) is 9.05. The van der Waals surface area contributed by atoms with E-state index >= 15 is 0 Å². The highest BCUT2D eigenvalue weighted by Gasteiger charge is 2.12. The van der Waals surface area contributed by atoms with E-state index in [1.165, 1.54) is 0 Å². The van der Waals surface area contributed by atoms with Crippen LogP contribution in [0.15, 0.2) is 24.3 Å². The maximum Gasteiger partial charge on any atom is 0.333 e. The van der Waals surface area contributed by atoms with Gasteiger partial charge in [-0.2, -0.15) is 8.42 Å². The van der Waals surface area contributed by atoms with Crippen molar-refractivity contribution in [1.82, 2.24) is 0 Å². The molecule has 78 valence electrons. The first-order valence-electron chi connectivity index (χ1n) is 3.85. The fourth-order valence-corrected chi connectivity index (χ4v) is 1.63. The standard InChI is InChI=1S/C8H10ClNO3S/c1-6(13-14(10,11)12)7-2-4-8(9)5-3-7/h2-6H,1H3,(H2,10,11,12). The van der Waals surface area contributed by atoms with Gasteiger partial charge in [-0.15, -0.1) is 0 Å². The molecule has 2 N–H and O–H groups in total. The molecule has 0 radical (unpaired) electrons.